The van der Waals surface area contributed by atoms with Gasteiger partial charge in [0.05, 0.1) is 21.1 Å². The Balaban J connectivity index is 0. The molecule has 14 heavy (non-hydrogen) atoms. The molecule has 0 fully saturated rings. The molecule has 0 amide bonds. The first-order valence-corrected chi connectivity index (χ1v) is 4.04. The number of nitrogens with zero attached hydrogens (tertiary/aromatic N) is 1. The van der Waals surface area contributed by atoms with Crippen molar-refractivity contribution in [3.63, 3.8) is 0 Å². The van der Waals surface area contributed by atoms with Gasteiger partial charge in [0, 0.05) is 13.0 Å². The van der Waals surface area contributed by atoms with Crippen molar-refractivity contribution < 1.29 is 31.5 Å². The summed E-state index contributed by atoms with van der Waals surface area (Å²) in [6.07, 6.45) is 1.03. The molecule has 84 valence electrons. The molecule has 0 rings (SSSR count). The van der Waals surface area contributed by atoms with Crippen LogP contribution < -0.4 is 12.4 Å². The summed E-state index contributed by atoms with van der Waals surface area (Å²) in [5.41, 5.74) is 0. The van der Waals surface area contributed by atoms with Crippen molar-refractivity contribution in [3.05, 3.63) is 12.7 Å². The quantitative estimate of drug-likeness (QED) is 0.241. The standard InChI is InChI=1S/C9H18NO3.ClH/c1-6-8(11)13-9(2,12)7-10(3,4)5;/h6,12H,1,7H2,2-5H3;1H/q+1;/p-1. The lowest BCUT2D eigenvalue weighted by atomic mass is 10.3. The number of aliphatic hydroxyl groups is 1. The minimum atomic E-state index is -1.44. The van der Waals surface area contributed by atoms with Crippen LogP contribution in [0.15, 0.2) is 12.7 Å². The smallest absolute Gasteiger partial charge is 0.332 e. The van der Waals surface area contributed by atoms with E-state index < -0.39 is 11.8 Å². The molecule has 0 aromatic heterocycles. The summed E-state index contributed by atoms with van der Waals surface area (Å²) in [7, 11) is 5.70. The fourth-order valence-electron chi connectivity index (χ4n) is 1.17. The molecule has 0 aliphatic heterocycles. The van der Waals surface area contributed by atoms with Crippen molar-refractivity contribution in [2.75, 3.05) is 27.7 Å². The van der Waals surface area contributed by atoms with Gasteiger partial charge >= 0.3 is 5.97 Å². The molecule has 4 nitrogen and oxygen atoms in total. The average molecular weight is 224 g/mol. The van der Waals surface area contributed by atoms with E-state index in [2.05, 4.69) is 6.58 Å². The predicted molar refractivity (Wildman–Crippen MR) is 49.8 cm³/mol. The van der Waals surface area contributed by atoms with E-state index in [1.807, 2.05) is 21.1 Å². The number of carbonyl (C=O) groups is 1. The van der Waals surface area contributed by atoms with E-state index in [1.165, 1.54) is 6.92 Å². The number of hydrogen-bond donors (Lipinski definition) is 1. The number of esters is 1. The summed E-state index contributed by atoms with van der Waals surface area (Å²) in [6, 6.07) is 0. The van der Waals surface area contributed by atoms with Gasteiger partial charge in [-0.2, -0.15) is 0 Å². The largest absolute Gasteiger partial charge is 1.00 e. The van der Waals surface area contributed by atoms with Gasteiger partial charge < -0.3 is 26.7 Å². The Hall–Kier alpha value is -0.580. The Kier molecular flexibility index (Phi) is 6.05. The SMILES string of the molecule is C=CC(=O)OC(C)(O)C[N+](C)(C)C.[Cl-]. The Labute approximate surface area is 91.2 Å². The summed E-state index contributed by atoms with van der Waals surface area (Å²) in [6.45, 7) is 5.03. The highest BCUT2D eigenvalue weighted by atomic mass is 35.5. The van der Waals surface area contributed by atoms with E-state index in [1.54, 1.807) is 0 Å². The molecule has 0 spiro atoms. The molecule has 1 atom stereocenters. The molecule has 1 N–H and O–H groups in total. The first-order valence-electron chi connectivity index (χ1n) is 4.04. The summed E-state index contributed by atoms with van der Waals surface area (Å²) in [5, 5.41) is 9.65. The van der Waals surface area contributed by atoms with Crippen LogP contribution in [0.5, 0.6) is 0 Å². The average Bonchev–Trinajstić information content (AvgIpc) is 1.80. The molecular weight excluding hydrogens is 206 g/mol. The molecule has 0 aromatic carbocycles. The first kappa shape index (κ1) is 15.9. The van der Waals surface area contributed by atoms with E-state index in [4.69, 9.17) is 4.74 Å². The van der Waals surface area contributed by atoms with Crippen LogP contribution in [0.3, 0.4) is 0 Å². The van der Waals surface area contributed by atoms with E-state index in [-0.39, 0.29) is 12.4 Å². The number of quaternary nitrogens is 1. The molecule has 0 heterocycles. The van der Waals surface area contributed by atoms with Crippen molar-refractivity contribution >= 4 is 5.97 Å². The number of likely N-dealkylation sites (N-methyl/N-ethyl adjacent to an activating group) is 1. The maximum absolute atomic E-state index is 10.8. The van der Waals surface area contributed by atoms with Gasteiger partial charge in [0.25, 0.3) is 5.79 Å². The Morgan fingerprint density at radius 1 is 1.57 bits per heavy atom. The van der Waals surface area contributed by atoms with Crippen LogP contribution in [0.2, 0.25) is 0 Å². The van der Waals surface area contributed by atoms with Gasteiger partial charge in [-0.3, -0.25) is 0 Å². The molecular formula is C9H18ClNO3. The van der Waals surface area contributed by atoms with Gasteiger partial charge in [-0.1, -0.05) is 6.58 Å². The van der Waals surface area contributed by atoms with Crippen LogP contribution in [0.25, 0.3) is 0 Å². The highest BCUT2D eigenvalue weighted by Crippen LogP contribution is 2.10. The zero-order valence-corrected chi connectivity index (χ0v) is 9.84. The fraction of sp³-hybridized carbons (Fsp3) is 0.667. The number of ether oxygens (including phenoxy) is 1. The maximum Gasteiger partial charge on any atom is 0.332 e. The van der Waals surface area contributed by atoms with Crippen LogP contribution in [0, 0.1) is 0 Å². The maximum atomic E-state index is 10.8. The third kappa shape index (κ3) is 8.04. The van der Waals surface area contributed by atoms with E-state index >= 15 is 0 Å². The molecule has 1 unspecified atom stereocenters. The Morgan fingerprint density at radius 2 is 2.00 bits per heavy atom. The number of hydrogen-bond acceptors (Lipinski definition) is 3. The highest BCUT2D eigenvalue weighted by molar-refractivity contribution is 5.81. The number of halogens is 1. The zero-order valence-electron chi connectivity index (χ0n) is 9.08. The van der Waals surface area contributed by atoms with Crippen LogP contribution in [0.1, 0.15) is 6.92 Å². The third-order valence-corrected chi connectivity index (χ3v) is 1.25. The second-order valence-corrected chi connectivity index (χ2v) is 4.25. The molecule has 0 bridgehead atoms. The molecule has 0 aromatic rings. The van der Waals surface area contributed by atoms with Crippen molar-refractivity contribution in [1.29, 1.82) is 0 Å². The number of carbonyl (C=O) groups excluding carboxylic acids is 1. The van der Waals surface area contributed by atoms with E-state index in [0.29, 0.717) is 11.0 Å². The second-order valence-electron chi connectivity index (χ2n) is 4.25. The minimum absolute atomic E-state index is 0. The Morgan fingerprint density at radius 3 is 2.29 bits per heavy atom. The predicted octanol–water partition coefficient (Wildman–Crippen LogP) is -2.87. The highest BCUT2D eigenvalue weighted by Gasteiger charge is 2.31. The van der Waals surface area contributed by atoms with E-state index in [0.717, 1.165) is 6.08 Å². The number of rotatable bonds is 4. The lowest BCUT2D eigenvalue weighted by molar-refractivity contribution is -0.880. The molecule has 5 heteroatoms. The van der Waals surface area contributed by atoms with Crippen molar-refractivity contribution in [2.24, 2.45) is 0 Å². The summed E-state index contributed by atoms with van der Waals surface area (Å²) >= 11 is 0. The minimum Gasteiger partial charge on any atom is -1.00 e. The monoisotopic (exact) mass is 223 g/mol. The van der Waals surface area contributed by atoms with Crippen LogP contribution >= 0.6 is 0 Å². The zero-order chi connectivity index (χ0) is 10.7. The fourth-order valence-corrected chi connectivity index (χ4v) is 1.17. The van der Waals surface area contributed by atoms with Gasteiger partial charge in [-0.25, -0.2) is 4.79 Å². The van der Waals surface area contributed by atoms with Crippen molar-refractivity contribution in [2.45, 2.75) is 12.7 Å². The van der Waals surface area contributed by atoms with Crippen molar-refractivity contribution in [1.82, 2.24) is 0 Å². The normalized spacial score (nSPS) is 14.9. The van der Waals surface area contributed by atoms with Crippen LogP contribution in [0.4, 0.5) is 0 Å². The van der Waals surface area contributed by atoms with Gasteiger partial charge in [-0.05, 0) is 0 Å². The van der Waals surface area contributed by atoms with Crippen molar-refractivity contribution in [3.8, 4) is 0 Å². The van der Waals surface area contributed by atoms with Gasteiger partial charge in [0.2, 0.25) is 0 Å². The first-order chi connectivity index (χ1) is 5.66. The topological polar surface area (TPSA) is 46.5 Å². The summed E-state index contributed by atoms with van der Waals surface area (Å²) in [5.74, 6) is -2.05. The Bertz CT molecular complexity index is 209. The van der Waals surface area contributed by atoms with Gasteiger partial charge in [0.15, 0.2) is 0 Å². The molecule has 0 radical (unpaired) electrons. The summed E-state index contributed by atoms with van der Waals surface area (Å²) in [4.78, 5) is 10.8. The van der Waals surface area contributed by atoms with Gasteiger partial charge in [0.1, 0.15) is 6.54 Å². The molecule has 0 saturated carbocycles. The lowest BCUT2D eigenvalue weighted by Crippen LogP contribution is -3.00. The van der Waals surface area contributed by atoms with Crippen LogP contribution in [-0.4, -0.2) is 49.0 Å². The molecule has 0 aliphatic carbocycles. The lowest BCUT2D eigenvalue weighted by Gasteiger charge is -2.32. The third-order valence-electron chi connectivity index (χ3n) is 1.25. The molecule has 0 aliphatic rings. The second kappa shape index (κ2) is 5.34. The summed E-state index contributed by atoms with van der Waals surface area (Å²) < 4.78 is 5.26. The van der Waals surface area contributed by atoms with Gasteiger partial charge in [-0.15, -0.1) is 0 Å². The van der Waals surface area contributed by atoms with E-state index in [9.17, 15) is 9.90 Å². The molecule has 0 saturated heterocycles. The van der Waals surface area contributed by atoms with Crippen LogP contribution in [-0.2, 0) is 9.53 Å².